The number of aromatic nitrogens is 2. The van der Waals surface area contributed by atoms with Gasteiger partial charge < -0.3 is 9.42 Å². The van der Waals surface area contributed by atoms with E-state index in [1.807, 2.05) is 11.0 Å². The number of sulfone groups is 1. The molecule has 2 aliphatic heterocycles. The lowest BCUT2D eigenvalue weighted by molar-refractivity contribution is 0.325. The van der Waals surface area contributed by atoms with Crippen LogP contribution in [-0.2, 0) is 9.84 Å². The minimum absolute atomic E-state index is 0.0851. The van der Waals surface area contributed by atoms with Gasteiger partial charge in [0.1, 0.15) is 5.82 Å². The number of halogens is 1. The Kier molecular flexibility index (Phi) is 4.60. The van der Waals surface area contributed by atoms with Gasteiger partial charge in [0.15, 0.2) is 15.7 Å². The van der Waals surface area contributed by atoms with Gasteiger partial charge in [-0.15, -0.1) is 0 Å². The molecule has 0 spiro atoms. The van der Waals surface area contributed by atoms with E-state index in [-0.39, 0.29) is 23.3 Å². The molecule has 2 aliphatic rings. The van der Waals surface area contributed by atoms with Gasteiger partial charge in [-0.05, 0) is 37.5 Å². The zero-order valence-corrected chi connectivity index (χ0v) is 15.5. The molecule has 1 atom stereocenters. The summed E-state index contributed by atoms with van der Waals surface area (Å²) in [7, 11) is -2.99. The van der Waals surface area contributed by atoms with Gasteiger partial charge in [0.2, 0.25) is 5.89 Å². The molecule has 1 unspecified atom stereocenters. The fourth-order valence-corrected chi connectivity index (χ4v) is 5.52. The minimum Gasteiger partial charge on any atom is -0.369 e. The van der Waals surface area contributed by atoms with E-state index < -0.39 is 15.7 Å². The number of benzene rings is 1. The minimum atomic E-state index is -2.99. The van der Waals surface area contributed by atoms with E-state index in [0.29, 0.717) is 42.5 Å². The van der Waals surface area contributed by atoms with Crippen LogP contribution in [0.5, 0.6) is 0 Å². The molecule has 0 N–H and O–H groups in total. The maximum absolute atomic E-state index is 14.2. The van der Waals surface area contributed by atoms with E-state index in [9.17, 15) is 12.8 Å². The summed E-state index contributed by atoms with van der Waals surface area (Å²) >= 11 is 0. The molecule has 9 heteroatoms. The Hall–Kier alpha value is -2.47. The fourth-order valence-electron chi connectivity index (χ4n) is 3.78. The number of hydrogen-bond acceptors (Lipinski definition) is 7. The molecule has 4 rings (SSSR count). The molecule has 0 aliphatic carbocycles. The maximum atomic E-state index is 14.2. The summed E-state index contributed by atoms with van der Waals surface area (Å²) in [5.41, 5.74) is 0.799. The van der Waals surface area contributed by atoms with Gasteiger partial charge in [-0.1, -0.05) is 5.16 Å². The highest BCUT2D eigenvalue weighted by molar-refractivity contribution is 7.91. The SMILES string of the molecule is N#Cc1ccc(N2CCC(c3nc(C4CCS(=O)(=O)C4)no3)CC2)c(F)c1. The van der Waals surface area contributed by atoms with Gasteiger partial charge in [-0.3, -0.25) is 0 Å². The fraction of sp³-hybridized carbons (Fsp3) is 0.500. The molecule has 142 valence electrons. The second kappa shape index (κ2) is 6.93. The zero-order chi connectivity index (χ0) is 19.0. The van der Waals surface area contributed by atoms with Crippen molar-refractivity contribution in [2.45, 2.75) is 31.1 Å². The second-order valence-electron chi connectivity index (χ2n) is 7.13. The van der Waals surface area contributed by atoms with Gasteiger partial charge in [0.25, 0.3) is 0 Å². The Morgan fingerprint density at radius 1 is 1.22 bits per heavy atom. The van der Waals surface area contributed by atoms with E-state index in [4.69, 9.17) is 9.78 Å². The first-order valence-electron chi connectivity index (χ1n) is 8.94. The van der Waals surface area contributed by atoms with Crippen LogP contribution in [0, 0.1) is 17.1 Å². The van der Waals surface area contributed by atoms with Crippen LogP contribution in [0.3, 0.4) is 0 Å². The van der Waals surface area contributed by atoms with Crippen molar-refractivity contribution in [3.05, 3.63) is 41.3 Å². The molecule has 0 bridgehead atoms. The maximum Gasteiger partial charge on any atom is 0.229 e. The summed E-state index contributed by atoms with van der Waals surface area (Å²) < 4.78 is 42.8. The lowest BCUT2D eigenvalue weighted by Gasteiger charge is -2.32. The summed E-state index contributed by atoms with van der Waals surface area (Å²) in [5, 5.41) is 12.8. The molecule has 1 aromatic carbocycles. The van der Waals surface area contributed by atoms with E-state index in [1.54, 1.807) is 12.1 Å². The number of nitrogens with zero attached hydrogens (tertiary/aromatic N) is 4. The summed E-state index contributed by atoms with van der Waals surface area (Å²) in [6, 6.07) is 6.44. The molecule has 1 aromatic heterocycles. The average Bonchev–Trinajstić information content (AvgIpc) is 3.28. The number of rotatable bonds is 3. The highest BCUT2D eigenvalue weighted by atomic mass is 32.2. The third-order valence-electron chi connectivity index (χ3n) is 5.32. The number of nitriles is 1. The topological polar surface area (TPSA) is 100 Å². The van der Waals surface area contributed by atoms with Gasteiger partial charge in [0.05, 0.1) is 28.8 Å². The summed E-state index contributed by atoms with van der Waals surface area (Å²) in [6.45, 7) is 1.28. The lowest BCUT2D eigenvalue weighted by atomic mass is 9.96. The Labute approximate surface area is 156 Å². The van der Waals surface area contributed by atoms with Crippen LogP contribution < -0.4 is 4.90 Å². The number of piperidine rings is 1. The molecule has 2 saturated heterocycles. The van der Waals surface area contributed by atoms with E-state index >= 15 is 0 Å². The van der Waals surface area contributed by atoms with Crippen molar-refractivity contribution in [3.63, 3.8) is 0 Å². The van der Waals surface area contributed by atoms with Crippen LogP contribution in [-0.4, -0.2) is 43.2 Å². The first kappa shape index (κ1) is 17.9. The molecular weight excluding hydrogens is 371 g/mol. The predicted octanol–water partition coefficient (Wildman–Crippen LogP) is 2.37. The van der Waals surface area contributed by atoms with Gasteiger partial charge in [0, 0.05) is 24.9 Å². The first-order chi connectivity index (χ1) is 12.9. The van der Waals surface area contributed by atoms with Crippen molar-refractivity contribution >= 4 is 15.5 Å². The van der Waals surface area contributed by atoms with E-state index in [2.05, 4.69) is 10.1 Å². The van der Waals surface area contributed by atoms with Gasteiger partial charge >= 0.3 is 0 Å². The summed E-state index contributed by atoms with van der Waals surface area (Å²) in [4.78, 5) is 6.40. The van der Waals surface area contributed by atoms with Crippen LogP contribution >= 0.6 is 0 Å². The normalized spacial score (nSPS) is 22.7. The van der Waals surface area contributed by atoms with Crippen molar-refractivity contribution in [1.29, 1.82) is 5.26 Å². The third-order valence-corrected chi connectivity index (χ3v) is 7.08. The molecule has 2 fully saturated rings. The molecule has 3 heterocycles. The third kappa shape index (κ3) is 3.67. The molecular formula is C18H19FN4O3S. The van der Waals surface area contributed by atoms with Gasteiger partial charge in [-0.25, -0.2) is 12.8 Å². The first-order valence-corrected chi connectivity index (χ1v) is 10.8. The predicted molar refractivity (Wildman–Crippen MR) is 95.6 cm³/mol. The Morgan fingerprint density at radius 2 is 2.00 bits per heavy atom. The van der Waals surface area contributed by atoms with Crippen molar-refractivity contribution in [1.82, 2.24) is 10.1 Å². The summed E-state index contributed by atoms with van der Waals surface area (Å²) in [6.07, 6.45) is 2.02. The Morgan fingerprint density at radius 3 is 2.63 bits per heavy atom. The smallest absolute Gasteiger partial charge is 0.229 e. The quantitative estimate of drug-likeness (QED) is 0.793. The van der Waals surface area contributed by atoms with Crippen LogP contribution in [0.1, 0.15) is 48.4 Å². The summed E-state index contributed by atoms with van der Waals surface area (Å²) in [5.74, 6) is 0.788. The Balaban J connectivity index is 1.41. The van der Waals surface area contributed by atoms with Crippen LogP contribution in [0.15, 0.2) is 22.7 Å². The van der Waals surface area contributed by atoms with Crippen LogP contribution in [0.25, 0.3) is 0 Å². The van der Waals surface area contributed by atoms with Crippen LogP contribution in [0.2, 0.25) is 0 Å². The zero-order valence-electron chi connectivity index (χ0n) is 14.6. The van der Waals surface area contributed by atoms with E-state index in [0.717, 1.165) is 12.8 Å². The molecule has 27 heavy (non-hydrogen) atoms. The Bertz CT molecular complexity index is 990. The molecule has 0 radical (unpaired) electrons. The van der Waals surface area contributed by atoms with E-state index in [1.165, 1.54) is 6.07 Å². The van der Waals surface area contributed by atoms with Gasteiger partial charge in [-0.2, -0.15) is 10.2 Å². The largest absolute Gasteiger partial charge is 0.369 e. The molecule has 0 saturated carbocycles. The second-order valence-corrected chi connectivity index (χ2v) is 9.36. The van der Waals surface area contributed by atoms with Crippen molar-refractivity contribution in [2.75, 3.05) is 29.5 Å². The van der Waals surface area contributed by atoms with Crippen LogP contribution in [0.4, 0.5) is 10.1 Å². The molecule has 7 nitrogen and oxygen atoms in total. The molecule has 2 aromatic rings. The van der Waals surface area contributed by atoms with Crippen molar-refractivity contribution < 1.29 is 17.3 Å². The standard InChI is InChI=1S/C18H19FN4O3S/c19-15-9-12(10-20)1-2-16(15)23-6-3-13(4-7-23)18-21-17(22-26-18)14-5-8-27(24,25)11-14/h1-2,9,13-14H,3-8,11H2. The monoisotopic (exact) mass is 390 g/mol. The lowest BCUT2D eigenvalue weighted by Crippen LogP contribution is -2.33. The van der Waals surface area contributed by atoms with Crippen molar-refractivity contribution in [3.8, 4) is 6.07 Å². The average molecular weight is 390 g/mol. The van der Waals surface area contributed by atoms with Crippen molar-refractivity contribution in [2.24, 2.45) is 0 Å². The number of hydrogen-bond donors (Lipinski definition) is 0. The highest BCUT2D eigenvalue weighted by Crippen LogP contribution is 2.33. The highest BCUT2D eigenvalue weighted by Gasteiger charge is 2.33. The number of anilines is 1. The molecule has 0 amide bonds.